The molecule has 3 rings (SSSR count). The SMILES string of the molecule is CCNC(=NCC(c1cccs1)N1CCOCC1)NCCc1ccc(OC)cc1.I. The molecular formula is C22H33IN4O2S. The number of thiophene rings is 1. The molecule has 1 aliphatic heterocycles. The normalized spacial score (nSPS) is 15.9. The number of nitrogens with zero attached hydrogens (tertiary/aromatic N) is 2. The van der Waals surface area contributed by atoms with Gasteiger partial charge in [-0.3, -0.25) is 9.89 Å². The van der Waals surface area contributed by atoms with Crippen LogP contribution in [0, 0.1) is 0 Å². The molecule has 30 heavy (non-hydrogen) atoms. The van der Waals surface area contributed by atoms with E-state index in [1.807, 2.05) is 12.1 Å². The quantitative estimate of drug-likeness (QED) is 0.288. The fourth-order valence-corrected chi connectivity index (χ4v) is 4.24. The third kappa shape index (κ3) is 7.72. The van der Waals surface area contributed by atoms with Gasteiger partial charge in [0.2, 0.25) is 0 Å². The number of morpholine rings is 1. The second kappa shape index (κ2) is 13.8. The van der Waals surface area contributed by atoms with Crippen LogP contribution in [0.15, 0.2) is 46.8 Å². The van der Waals surface area contributed by atoms with E-state index in [2.05, 4.69) is 52.1 Å². The van der Waals surface area contributed by atoms with Crippen LogP contribution in [0.3, 0.4) is 0 Å². The van der Waals surface area contributed by atoms with E-state index < -0.39 is 0 Å². The third-order valence-electron chi connectivity index (χ3n) is 4.99. The Labute approximate surface area is 201 Å². The smallest absolute Gasteiger partial charge is 0.191 e. The van der Waals surface area contributed by atoms with Gasteiger partial charge in [0.25, 0.3) is 0 Å². The molecule has 1 unspecified atom stereocenters. The summed E-state index contributed by atoms with van der Waals surface area (Å²) in [5.41, 5.74) is 1.28. The van der Waals surface area contributed by atoms with Gasteiger partial charge in [-0.2, -0.15) is 0 Å². The minimum absolute atomic E-state index is 0. The van der Waals surface area contributed by atoms with Gasteiger partial charge in [0.1, 0.15) is 5.75 Å². The van der Waals surface area contributed by atoms with E-state index in [0.29, 0.717) is 6.04 Å². The van der Waals surface area contributed by atoms with Crippen LogP contribution in [-0.4, -0.2) is 63.9 Å². The van der Waals surface area contributed by atoms with Gasteiger partial charge in [-0.1, -0.05) is 18.2 Å². The summed E-state index contributed by atoms with van der Waals surface area (Å²) in [6.45, 7) is 8.02. The molecule has 1 aromatic heterocycles. The Kier molecular flexibility index (Phi) is 11.5. The number of hydrogen-bond acceptors (Lipinski definition) is 5. The lowest BCUT2D eigenvalue weighted by Gasteiger charge is -2.33. The fourth-order valence-electron chi connectivity index (χ4n) is 3.39. The molecule has 0 aliphatic carbocycles. The Morgan fingerprint density at radius 3 is 2.60 bits per heavy atom. The number of hydrogen-bond donors (Lipinski definition) is 2. The summed E-state index contributed by atoms with van der Waals surface area (Å²) in [6, 6.07) is 12.9. The monoisotopic (exact) mass is 544 g/mol. The average molecular weight is 545 g/mol. The minimum Gasteiger partial charge on any atom is -0.497 e. The second-order valence-electron chi connectivity index (χ2n) is 6.92. The summed E-state index contributed by atoms with van der Waals surface area (Å²) in [6.07, 6.45) is 0.937. The first-order valence-corrected chi connectivity index (χ1v) is 11.2. The molecule has 6 nitrogen and oxygen atoms in total. The Hall–Kier alpha value is -1.36. The lowest BCUT2D eigenvalue weighted by Crippen LogP contribution is -2.42. The number of halogens is 1. The van der Waals surface area contributed by atoms with Gasteiger partial charge < -0.3 is 20.1 Å². The minimum atomic E-state index is 0. The first kappa shape index (κ1) is 24.9. The maximum atomic E-state index is 5.53. The van der Waals surface area contributed by atoms with Crippen LogP contribution >= 0.6 is 35.3 Å². The lowest BCUT2D eigenvalue weighted by atomic mass is 10.1. The summed E-state index contributed by atoms with van der Waals surface area (Å²) in [4.78, 5) is 8.75. The first-order valence-electron chi connectivity index (χ1n) is 10.3. The van der Waals surface area contributed by atoms with E-state index in [1.165, 1.54) is 10.4 Å². The van der Waals surface area contributed by atoms with Crippen molar-refractivity contribution in [3.63, 3.8) is 0 Å². The number of ether oxygens (including phenoxy) is 2. The Morgan fingerprint density at radius 1 is 1.20 bits per heavy atom. The van der Waals surface area contributed by atoms with Crippen molar-refractivity contribution in [3.05, 3.63) is 52.2 Å². The summed E-state index contributed by atoms with van der Waals surface area (Å²) >= 11 is 1.81. The molecule has 0 bridgehead atoms. The van der Waals surface area contributed by atoms with E-state index in [1.54, 1.807) is 18.4 Å². The first-order chi connectivity index (χ1) is 14.3. The van der Waals surface area contributed by atoms with Crippen molar-refractivity contribution in [1.82, 2.24) is 15.5 Å². The molecule has 2 aromatic rings. The summed E-state index contributed by atoms with van der Waals surface area (Å²) < 4.78 is 10.8. The van der Waals surface area contributed by atoms with Gasteiger partial charge in [0.15, 0.2) is 5.96 Å². The topological polar surface area (TPSA) is 58.1 Å². The third-order valence-corrected chi connectivity index (χ3v) is 5.96. The van der Waals surface area contributed by atoms with E-state index in [9.17, 15) is 0 Å². The van der Waals surface area contributed by atoms with Crippen LogP contribution in [0.1, 0.15) is 23.4 Å². The molecule has 1 aromatic carbocycles. The van der Waals surface area contributed by atoms with Crippen molar-refractivity contribution >= 4 is 41.3 Å². The van der Waals surface area contributed by atoms with Crippen molar-refractivity contribution in [3.8, 4) is 5.75 Å². The van der Waals surface area contributed by atoms with E-state index >= 15 is 0 Å². The fraction of sp³-hybridized carbons (Fsp3) is 0.500. The molecular weight excluding hydrogens is 511 g/mol. The predicted octanol–water partition coefficient (Wildman–Crippen LogP) is 3.55. The van der Waals surface area contributed by atoms with Crippen LogP contribution in [-0.2, 0) is 11.2 Å². The van der Waals surface area contributed by atoms with Crippen molar-refractivity contribution in [1.29, 1.82) is 0 Å². The summed E-state index contributed by atoms with van der Waals surface area (Å²) in [7, 11) is 1.69. The van der Waals surface area contributed by atoms with Gasteiger partial charge in [-0.05, 0) is 42.5 Å². The summed E-state index contributed by atoms with van der Waals surface area (Å²) in [5, 5.41) is 8.98. The van der Waals surface area contributed by atoms with Crippen molar-refractivity contribution in [2.24, 2.45) is 4.99 Å². The molecule has 166 valence electrons. The molecule has 0 spiro atoms. The molecule has 1 fully saturated rings. The molecule has 0 amide bonds. The number of methoxy groups -OCH3 is 1. The highest BCUT2D eigenvalue weighted by Gasteiger charge is 2.23. The molecule has 2 heterocycles. The highest BCUT2D eigenvalue weighted by atomic mass is 127. The number of aliphatic imine (C=N–C) groups is 1. The van der Waals surface area contributed by atoms with Crippen LogP contribution in [0.2, 0.25) is 0 Å². The standard InChI is InChI=1S/C22H32N4O2S.HI/c1-3-23-22(24-11-10-18-6-8-19(27-2)9-7-18)25-17-20(21-5-4-16-29-21)26-12-14-28-15-13-26;/h4-9,16,20H,3,10-15,17H2,1-2H3,(H2,23,24,25);1H. The predicted molar refractivity (Wildman–Crippen MR) is 136 cm³/mol. The molecule has 0 saturated carbocycles. The molecule has 2 N–H and O–H groups in total. The van der Waals surface area contributed by atoms with Gasteiger partial charge in [0.05, 0.1) is 32.9 Å². The van der Waals surface area contributed by atoms with Crippen molar-refractivity contribution < 1.29 is 9.47 Å². The molecule has 1 aliphatic rings. The van der Waals surface area contributed by atoms with Crippen LogP contribution in [0.25, 0.3) is 0 Å². The van der Waals surface area contributed by atoms with Crippen molar-refractivity contribution in [2.75, 3.05) is 53.0 Å². The Bertz CT molecular complexity index is 734. The summed E-state index contributed by atoms with van der Waals surface area (Å²) in [5.74, 6) is 1.76. The van der Waals surface area contributed by atoms with Gasteiger partial charge in [-0.15, -0.1) is 35.3 Å². The van der Waals surface area contributed by atoms with Gasteiger partial charge in [0, 0.05) is 31.1 Å². The second-order valence-corrected chi connectivity index (χ2v) is 7.90. The maximum absolute atomic E-state index is 5.53. The van der Waals surface area contributed by atoms with Crippen molar-refractivity contribution in [2.45, 2.75) is 19.4 Å². The Balaban J connectivity index is 0.00000320. The van der Waals surface area contributed by atoms with E-state index in [0.717, 1.165) is 64.1 Å². The van der Waals surface area contributed by atoms with Gasteiger partial charge >= 0.3 is 0 Å². The van der Waals surface area contributed by atoms with E-state index in [4.69, 9.17) is 14.5 Å². The molecule has 1 saturated heterocycles. The zero-order chi connectivity index (χ0) is 20.3. The van der Waals surface area contributed by atoms with E-state index in [-0.39, 0.29) is 24.0 Å². The largest absolute Gasteiger partial charge is 0.497 e. The average Bonchev–Trinajstić information content (AvgIpc) is 3.30. The molecule has 0 radical (unpaired) electrons. The van der Waals surface area contributed by atoms with Crippen LogP contribution in [0.4, 0.5) is 0 Å². The maximum Gasteiger partial charge on any atom is 0.191 e. The highest BCUT2D eigenvalue weighted by Crippen LogP contribution is 2.26. The van der Waals surface area contributed by atoms with Crippen LogP contribution in [0.5, 0.6) is 5.75 Å². The lowest BCUT2D eigenvalue weighted by molar-refractivity contribution is 0.0186. The number of benzene rings is 1. The molecule has 1 atom stereocenters. The number of guanidine groups is 1. The molecule has 8 heteroatoms. The highest BCUT2D eigenvalue weighted by molar-refractivity contribution is 14.0. The zero-order valence-electron chi connectivity index (χ0n) is 17.8. The number of rotatable bonds is 9. The zero-order valence-corrected chi connectivity index (χ0v) is 20.9. The number of nitrogens with one attached hydrogen (secondary N) is 2. The van der Waals surface area contributed by atoms with Gasteiger partial charge in [-0.25, -0.2) is 0 Å². The van der Waals surface area contributed by atoms with Crippen LogP contribution < -0.4 is 15.4 Å². The Morgan fingerprint density at radius 2 is 1.97 bits per heavy atom.